The van der Waals surface area contributed by atoms with Crippen molar-refractivity contribution in [2.45, 2.75) is 6.42 Å². The number of fused-ring (bicyclic) bond motifs is 1. The number of benzene rings is 2. The molecule has 156 valence electrons. The second-order valence-corrected chi connectivity index (χ2v) is 6.71. The normalized spacial score (nSPS) is 10.7. The quantitative estimate of drug-likeness (QED) is 0.267. The average molecular weight is 417 g/mol. The highest BCUT2D eigenvalue weighted by atomic mass is 16.6. The SMILES string of the molecule is O=C(NCCCOc1cccc2cccnc12)c1ccn(-c2ccc([N+](=O)[O-])cc2)n1. The smallest absolute Gasteiger partial charge is 0.271 e. The minimum Gasteiger partial charge on any atom is -0.491 e. The van der Waals surface area contributed by atoms with Gasteiger partial charge in [0.1, 0.15) is 11.3 Å². The van der Waals surface area contributed by atoms with Gasteiger partial charge in [0.15, 0.2) is 5.69 Å². The molecule has 0 fully saturated rings. The number of para-hydroxylation sites is 1. The van der Waals surface area contributed by atoms with E-state index >= 15 is 0 Å². The Labute approximate surface area is 177 Å². The van der Waals surface area contributed by atoms with E-state index in [0.29, 0.717) is 31.0 Å². The topological polar surface area (TPSA) is 112 Å². The molecule has 0 spiro atoms. The van der Waals surface area contributed by atoms with E-state index in [1.54, 1.807) is 30.6 Å². The van der Waals surface area contributed by atoms with Crippen molar-refractivity contribution in [1.82, 2.24) is 20.1 Å². The Morgan fingerprint density at radius 3 is 2.71 bits per heavy atom. The van der Waals surface area contributed by atoms with Crippen molar-refractivity contribution in [3.8, 4) is 11.4 Å². The lowest BCUT2D eigenvalue weighted by Crippen LogP contribution is -2.26. The Morgan fingerprint density at radius 1 is 1.10 bits per heavy atom. The average Bonchev–Trinajstić information content (AvgIpc) is 3.29. The fourth-order valence-corrected chi connectivity index (χ4v) is 3.06. The molecule has 1 N–H and O–H groups in total. The number of pyridine rings is 1. The molecule has 0 atom stereocenters. The van der Waals surface area contributed by atoms with Crippen molar-refractivity contribution in [2.75, 3.05) is 13.2 Å². The predicted molar refractivity (Wildman–Crippen MR) is 114 cm³/mol. The molecule has 2 heterocycles. The molecule has 0 aliphatic rings. The lowest BCUT2D eigenvalue weighted by molar-refractivity contribution is -0.384. The fourth-order valence-electron chi connectivity index (χ4n) is 3.06. The standard InChI is InChI=1S/C22H19N5O4/c28-22(19-11-14-26(25-19)17-7-9-18(10-8-17)27(29)30)24-13-3-15-31-20-6-1-4-16-5-2-12-23-21(16)20/h1-2,4-12,14H,3,13,15H2,(H,24,28). The highest BCUT2D eigenvalue weighted by molar-refractivity contribution is 5.92. The lowest BCUT2D eigenvalue weighted by Gasteiger charge is -2.09. The zero-order chi connectivity index (χ0) is 21.6. The maximum absolute atomic E-state index is 12.3. The van der Waals surface area contributed by atoms with Crippen molar-refractivity contribution in [3.63, 3.8) is 0 Å². The highest BCUT2D eigenvalue weighted by Crippen LogP contribution is 2.22. The van der Waals surface area contributed by atoms with Crippen molar-refractivity contribution >= 4 is 22.5 Å². The first kappa shape index (κ1) is 20.0. The molecule has 2 aromatic carbocycles. The molecule has 4 aromatic rings. The number of rotatable bonds is 8. The second kappa shape index (κ2) is 9.04. The number of nitrogens with zero attached hydrogens (tertiary/aromatic N) is 4. The molecule has 0 unspecified atom stereocenters. The minimum absolute atomic E-state index is 0.00428. The number of ether oxygens (including phenoxy) is 1. The number of hydrogen-bond acceptors (Lipinski definition) is 6. The number of nitro groups is 1. The number of hydrogen-bond donors (Lipinski definition) is 1. The Hall–Kier alpha value is -4.27. The van der Waals surface area contributed by atoms with Gasteiger partial charge in [-0.15, -0.1) is 0 Å². The van der Waals surface area contributed by atoms with E-state index in [1.165, 1.54) is 16.8 Å². The van der Waals surface area contributed by atoms with Crippen LogP contribution in [0.5, 0.6) is 5.75 Å². The predicted octanol–water partition coefficient (Wildman–Crippen LogP) is 3.53. The largest absolute Gasteiger partial charge is 0.491 e. The van der Waals surface area contributed by atoms with Gasteiger partial charge in [0.05, 0.1) is 17.2 Å². The zero-order valence-corrected chi connectivity index (χ0v) is 16.5. The maximum atomic E-state index is 12.3. The number of nitro benzene ring substituents is 1. The maximum Gasteiger partial charge on any atom is 0.271 e. The molecular weight excluding hydrogens is 398 g/mol. The molecular formula is C22H19N5O4. The van der Waals surface area contributed by atoms with Crippen LogP contribution in [0.1, 0.15) is 16.9 Å². The van der Waals surface area contributed by atoms with Crippen molar-refractivity contribution < 1.29 is 14.5 Å². The Kier molecular flexibility index (Phi) is 5.84. The Morgan fingerprint density at radius 2 is 1.90 bits per heavy atom. The van der Waals surface area contributed by atoms with E-state index in [9.17, 15) is 14.9 Å². The van der Waals surface area contributed by atoms with Gasteiger partial charge < -0.3 is 10.1 Å². The number of non-ortho nitro benzene ring substituents is 1. The highest BCUT2D eigenvalue weighted by Gasteiger charge is 2.11. The third kappa shape index (κ3) is 4.67. The van der Waals surface area contributed by atoms with Crippen molar-refractivity contribution in [1.29, 1.82) is 0 Å². The summed E-state index contributed by atoms with van der Waals surface area (Å²) in [7, 11) is 0. The molecule has 1 amide bonds. The van der Waals surface area contributed by atoms with Gasteiger partial charge in [-0.3, -0.25) is 19.9 Å². The molecule has 9 heteroatoms. The monoisotopic (exact) mass is 417 g/mol. The summed E-state index contributed by atoms with van der Waals surface area (Å²) in [5.74, 6) is 0.416. The molecule has 9 nitrogen and oxygen atoms in total. The van der Waals surface area contributed by atoms with Crippen LogP contribution in [-0.4, -0.2) is 38.7 Å². The number of nitrogens with one attached hydrogen (secondary N) is 1. The van der Waals surface area contributed by atoms with Gasteiger partial charge in [0.2, 0.25) is 0 Å². The summed E-state index contributed by atoms with van der Waals surface area (Å²) in [6, 6.07) is 17.2. The summed E-state index contributed by atoms with van der Waals surface area (Å²) in [5.41, 5.74) is 1.69. The van der Waals surface area contributed by atoms with E-state index in [-0.39, 0.29) is 17.3 Å². The molecule has 0 aliphatic heterocycles. The molecule has 0 saturated carbocycles. The summed E-state index contributed by atoms with van der Waals surface area (Å²) in [6.07, 6.45) is 3.98. The van der Waals surface area contributed by atoms with Crippen LogP contribution in [0.15, 0.2) is 73.1 Å². The van der Waals surface area contributed by atoms with Crippen molar-refractivity contribution in [2.24, 2.45) is 0 Å². The van der Waals surface area contributed by atoms with Crippen LogP contribution in [0.2, 0.25) is 0 Å². The van der Waals surface area contributed by atoms with E-state index < -0.39 is 4.92 Å². The van der Waals surface area contributed by atoms with Gasteiger partial charge >= 0.3 is 0 Å². The third-order valence-electron chi connectivity index (χ3n) is 4.61. The second-order valence-electron chi connectivity index (χ2n) is 6.71. The molecule has 4 rings (SSSR count). The third-order valence-corrected chi connectivity index (χ3v) is 4.61. The first-order valence-corrected chi connectivity index (χ1v) is 9.67. The van der Waals surface area contributed by atoms with E-state index in [0.717, 1.165) is 10.9 Å². The Balaban J connectivity index is 1.27. The molecule has 2 aromatic heterocycles. The summed E-state index contributed by atoms with van der Waals surface area (Å²) >= 11 is 0. The van der Waals surface area contributed by atoms with Gasteiger partial charge in [-0.1, -0.05) is 18.2 Å². The summed E-state index contributed by atoms with van der Waals surface area (Å²) in [6.45, 7) is 0.870. The minimum atomic E-state index is -0.466. The van der Waals surface area contributed by atoms with Crippen LogP contribution in [0.3, 0.4) is 0 Å². The zero-order valence-electron chi connectivity index (χ0n) is 16.5. The first-order valence-electron chi connectivity index (χ1n) is 9.67. The number of amides is 1. The fraction of sp³-hybridized carbons (Fsp3) is 0.136. The van der Waals surface area contributed by atoms with E-state index in [4.69, 9.17) is 4.74 Å². The van der Waals surface area contributed by atoms with E-state index in [2.05, 4.69) is 15.4 Å². The summed E-state index contributed by atoms with van der Waals surface area (Å²) in [4.78, 5) is 26.9. The van der Waals surface area contributed by atoms with Gasteiger partial charge in [-0.05, 0) is 36.8 Å². The summed E-state index contributed by atoms with van der Waals surface area (Å²) < 4.78 is 7.31. The molecule has 0 radical (unpaired) electrons. The lowest BCUT2D eigenvalue weighted by atomic mass is 10.2. The van der Waals surface area contributed by atoms with Crippen LogP contribution in [0.25, 0.3) is 16.6 Å². The Bertz CT molecular complexity index is 1210. The number of aromatic nitrogens is 3. The van der Waals surface area contributed by atoms with Gasteiger partial charge in [0.25, 0.3) is 11.6 Å². The van der Waals surface area contributed by atoms with Crippen LogP contribution < -0.4 is 10.1 Å². The van der Waals surface area contributed by atoms with E-state index in [1.807, 2.05) is 30.3 Å². The molecule has 0 saturated heterocycles. The molecule has 31 heavy (non-hydrogen) atoms. The van der Waals surface area contributed by atoms with Crippen LogP contribution in [-0.2, 0) is 0 Å². The van der Waals surface area contributed by atoms with Gasteiger partial charge in [-0.2, -0.15) is 5.10 Å². The first-order chi connectivity index (χ1) is 15.1. The van der Waals surface area contributed by atoms with Crippen LogP contribution in [0.4, 0.5) is 5.69 Å². The molecule has 0 aliphatic carbocycles. The van der Waals surface area contributed by atoms with Gasteiger partial charge in [0, 0.05) is 36.5 Å². The number of carbonyl (C=O) groups excluding carboxylic acids is 1. The summed E-state index contributed by atoms with van der Waals surface area (Å²) in [5, 5.41) is 18.8. The van der Waals surface area contributed by atoms with Crippen LogP contribution in [0, 0.1) is 10.1 Å². The number of carbonyl (C=O) groups is 1. The van der Waals surface area contributed by atoms with Crippen molar-refractivity contribution in [3.05, 3.63) is 88.9 Å². The molecule has 0 bridgehead atoms. The van der Waals surface area contributed by atoms with Gasteiger partial charge in [-0.25, -0.2) is 4.68 Å². The van der Waals surface area contributed by atoms with Crippen LogP contribution >= 0.6 is 0 Å².